The molecule has 0 saturated heterocycles. The van der Waals surface area contributed by atoms with Crippen LogP contribution in [0.1, 0.15) is 27.3 Å². The van der Waals surface area contributed by atoms with E-state index in [0.717, 1.165) is 17.1 Å². The Morgan fingerprint density at radius 3 is 2.46 bits per heavy atom. The summed E-state index contributed by atoms with van der Waals surface area (Å²) in [4.78, 5) is 12.7. The summed E-state index contributed by atoms with van der Waals surface area (Å²) in [5, 5.41) is 11.0. The van der Waals surface area contributed by atoms with Crippen molar-refractivity contribution in [3.8, 4) is 11.4 Å². The highest BCUT2D eigenvalue weighted by Gasteiger charge is 2.18. The minimum absolute atomic E-state index is 0.373. The Labute approximate surface area is 162 Å². The highest BCUT2D eigenvalue weighted by atomic mass is 16.5. The fourth-order valence-electron chi connectivity index (χ4n) is 3.13. The molecule has 0 amide bonds. The monoisotopic (exact) mass is 373 g/mol. The van der Waals surface area contributed by atoms with Crippen molar-refractivity contribution >= 4 is 5.97 Å². The molecule has 0 spiro atoms. The van der Waals surface area contributed by atoms with E-state index in [1.54, 1.807) is 24.3 Å². The van der Waals surface area contributed by atoms with Crippen molar-refractivity contribution in [3.05, 3.63) is 89.5 Å². The summed E-state index contributed by atoms with van der Waals surface area (Å²) in [5.74, 6) is 0.0947. The topological polar surface area (TPSA) is 74.8 Å². The Kier molecular flexibility index (Phi) is 4.72. The van der Waals surface area contributed by atoms with Crippen LogP contribution in [0, 0.1) is 13.8 Å². The molecule has 2 heterocycles. The zero-order chi connectivity index (χ0) is 19.5. The summed E-state index contributed by atoms with van der Waals surface area (Å²) < 4.78 is 9.21. The molecular weight excluding hydrogens is 354 g/mol. The molecule has 0 aliphatic carbocycles. The van der Waals surface area contributed by atoms with E-state index in [0.29, 0.717) is 17.9 Å². The van der Waals surface area contributed by atoms with Crippen LogP contribution < -0.4 is 4.74 Å². The minimum Gasteiger partial charge on any atom is -0.423 e. The molecule has 7 nitrogen and oxygen atoms in total. The number of carbonyl (C=O) groups is 1. The van der Waals surface area contributed by atoms with Crippen LogP contribution in [-0.4, -0.2) is 30.7 Å². The highest BCUT2D eigenvalue weighted by Crippen LogP contribution is 2.21. The first-order valence-electron chi connectivity index (χ1n) is 8.88. The third kappa shape index (κ3) is 3.55. The first-order chi connectivity index (χ1) is 13.6. The van der Waals surface area contributed by atoms with Gasteiger partial charge in [-0.15, -0.1) is 5.10 Å². The molecule has 140 valence electrons. The third-order valence-electron chi connectivity index (χ3n) is 4.64. The Morgan fingerprint density at radius 1 is 1.04 bits per heavy atom. The van der Waals surface area contributed by atoms with Gasteiger partial charge >= 0.3 is 5.97 Å². The predicted molar refractivity (Wildman–Crippen MR) is 104 cm³/mol. The summed E-state index contributed by atoms with van der Waals surface area (Å²) in [5.41, 5.74) is 4.44. The van der Waals surface area contributed by atoms with Crippen LogP contribution in [0.4, 0.5) is 0 Å². The zero-order valence-corrected chi connectivity index (χ0v) is 15.6. The number of ether oxygens (including phenoxy) is 1. The lowest BCUT2D eigenvalue weighted by Crippen LogP contribution is -2.11. The molecule has 0 radical (unpaired) electrons. The van der Waals surface area contributed by atoms with Gasteiger partial charge in [0.1, 0.15) is 12.1 Å². The molecule has 4 aromatic rings. The molecular formula is C21H19N5O2. The van der Waals surface area contributed by atoms with E-state index < -0.39 is 0 Å². The van der Waals surface area contributed by atoms with Crippen molar-refractivity contribution in [1.29, 1.82) is 0 Å². The maximum absolute atomic E-state index is 12.7. The molecule has 0 aliphatic rings. The normalized spacial score (nSPS) is 10.8. The lowest BCUT2D eigenvalue weighted by atomic mass is 10.2. The molecule has 0 atom stereocenters. The van der Waals surface area contributed by atoms with Gasteiger partial charge in [-0.1, -0.05) is 30.3 Å². The second-order valence-electron chi connectivity index (χ2n) is 6.49. The largest absolute Gasteiger partial charge is 0.423 e. The van der Waals surface area contributed by atoms with Crippen LogP contribution in [0.2, 0.25) is 0 Å². The molecule has 0 saturated carbocycles. The predicted octanol–water partition coefficient (Wildman–Crippen LogP) is 3.35. The van der Waals surface area contributed by atoms with Gasteiger partial charge in [0, 0.05) is 17.9 Å². The average molecular weight is 373 g/mol. The highest BCUT2D eigenvalue weighted by molar-refractivity contribution is 5.92. The molecule has 4 rings (SSSR count). The smallest absolute Gasteiger partial charge is 0.345 e. The van der Waals surface area contributed by atoms with Gasteiger partial charge in [-0.25, -0.2) is 9.48 Å². The number of rotatable bonds is 5. The lowest BCUT2D eigenvalue weighted by Gasteiger charge is -2.10. The standard InChI is InChI=1S/C21H19N5O2/c1-15-12-20(16(2)25(15)13-17-6-4-3-5-7-17)21(27)28-19-10-8-18(9-11-19)26-14-22-23-24-26/h3-12,14H,13H2,1-2H3. The van der Waals surface area contributed by atoms with Gasteiger partial charge in [0.15, 0.2) is 0 Å². The Bertz CT molecular complexity index is 1080. The van der Waals surface area contributed by atoms with E-state index in [2.05, 4.69) is 32.2 Å². The molecule has 0 bridgehead atoms. The van der Waals surface area contributed by atoms with E-state index in [1.165, 1.54) is 16.6 Å². The Balaban J connectivity index is 1.51. The fourth-order valence-corrected chi connectivity index (χ4v) is 3.13. The zero-order valence-electron chi connectivity index (χ0n) is 15.6. The number of benzene rings is 2. The summed E-state index contributed by atoms with van der Waals surface area (Å²) in [7, 11) is 0. The van der Waals surface area contributed by atoms with E-state index >= 15 is 0 Å². The minimum atomic E-state index is -0.373. The molecule has 7 heteroatoms. The number of tetrazole rings is 1. The van der Waals surface area contributed by atoms with Crippen molar-refractivity contribution < 1.29 is 9.53 Å². The van der Waals surface area contributed by atoms with Crippen molar-refractivity contribution in [1.82, 2.24) is 24.8 Å². The van der Waals surface area contributed by atoms with E-state index in [-0.39, 0.29) is 5.97 Å². The van der Waals surface area contributed by atoms with Crippen molar-refractivity contribution in [2.75, 3.05) is 0 Å². The molecule has 2 aromatic carbocycles. The fraction of sp³-hybridized carbons (Fsp3) is 0.143. The molecule has 0 fully saturated rings. The third-order valence-corrected chi connectivity index (χ3v) is 4.64. The van der Waals surface area contributed by atoms with Gasteiger partial charge in [-0.3, -0.25) is 0 Å². The number of aryl methyl sites for hydroxylation is 1. The summed E-state index contributed by atoms with van der Waals surface area (Å²) in [6.45, 7) is 4.65. The Hall–Kier alpha value is -3.74. The SMILES string of the molecule is Cc1cc(C(=O)Oc2ccc(-n3cnnn3)cc2)c(C)n1Cc1ccccc1. The van der Waals surface area contributed by atoms with Gasteiger partial charge < -0.3 is 9.30 Å². The van der Waals surface area contributed by atoms with Crippen LogP contribution in [0.25, 0.3) is 5.69 Å². The van der Waals surface area contributed by atoms with E-state index in [1.807, 2.05) is 38.1 Å². The molecule has 2 aromatic heterocycles. The number of esters is 1. The number of hydrogen-bond acceptors (Lipinski definition) is 5. The van der Waals surface area contributed by atoms with Gasteiger partial charge in [0.2, 0.25) is 0 Å². The summed E-state index contributed by atoms with van der Waals surface area (Å²) in [6, 6.07) is 19.1. The Morgan fingerprint density at radius 2 is 1.79 bits per heavy atom. The average Bonchev–Trinajstić information content (AvgIpc) is 3.34. The maximum Gasteiger partial charge on any atom is 0.345 e. The first kappa shape index (κ1) is 17.7. The van der Waals surface area contributed by atoms with Crippen LogP contribution in [0.3, 0.4) is 0 Å². The lowest BCUT2D eigenvalue weighted by molar-refractivity contribution is 0.0734. The van der Waals surface area contributed by atoms with Gasteiger partial charge in [0.05, 0.1) is 11.3 Å². The number of aromatic nitrogens is 5. The van der Waals surface area contributed by atoms with E-state index in [9.17, 15) is 4.79 Å². The van der Waals surface area contributed by atoms with Crippen LogP contribution in [-0.2, 0) is 6.54 Å². The summed E-state index contributed by atoms with van der Waals surface area (Å²) >= 11 is 0. The first-order valence-corrected chi connectivity index (χ1v) is 8.88. The van der Waals surface area contributed by atoms with Gasteiger partial charge in [-0.2, -0.15) is 0 Å². The van der Waals surface area contributed by atoms with Gasteiger partial charge in [-0.05, 0) is 60.2 Å². The summed E-state index contributed by atoms with van der Waals surface area (Å²) in [6.07, 6.45) is 1.50. The van der Waals surface area contributed by atoms with Gasteiger partial charge in [0.25, 0.3) is 0 Å². The maximum atomic E-state index is 12.7. The number of nitrogens with zero attached hydrogens (tertiary/aromatic N) is 5. The second-order valence-corrected chi connectivity index (χ2v) is 6.49. The number of carbonyl (C=O) groups excluding carboxylic acids is 1. The van der Waals surface area contributed by atoms with Crippen LogP contribution >= 0.6 is 0 Å². The quantitative estimate of drug-likeness (QED) is 0.396. The molecule has 0 aliphatic heterocycles. The van der Waals surface area contributed by atoms with E-state index in [4.69, 9.17) is 4.74 Å². The van der Waals surface area contributed by atoms with Crippen LogP contribution in [0.5, 0.6) is 5.75 Å². The molecule has 0 unspecified atom stereocenters. The molecule has 28 heavy (non-hydrogen) atoms. The van der Waals surface area contributed by atoms with Crippen LogP contribution in [0.15, 0.2) is 67.0 Å². The van der Waals surface area contributed by atoms with Crippen molar-refractivity contribution in [2.45, 2.75) is 20.4 Å². The number of hydrogen-bond donors (Lipinski definition) is 0. The second kappa shape index (κ2) is 7.48. The van der Waals surface area contributed by atoms with Crippen molar-refractivity contribution in [3.63, 3.8) is 0 Å². The van der Waals surface area contributed by atoms with Crippen molar-refractivity contribution in [2.24, 2.45) is 0 Å². The molecule has 0 N–H and O–H groups in total.